The van der Waals surface area contributed by atoms with Gasteiger partial charge >= 0.3 is 6.01 Å². The minimum Gasteiger partial charge on any atom is -0.462 e. The minimum absolute atomic E-state index is 0.0231. The van der Waals surface area contributed by atoms with E-state index >= 15 is 0 Å². The number of likely N-dealkylation sites (N-methyl/N-ethyl adjacent to an activating group) is 1. The van der Waals surface area contributed by atoms with Gasteiger partial charge < -0.3 is 14.5 Å². The molecule has 43 heavy (non-hydrogen) atoms. The predicted molar refractivity (Wildman–Crippen MR) is 165 cm³/mol. The van der Waals surface area contributed by atoms with Crippen LogP contribution in [0.15, 0.2) is 55.1 Å². The number of carbonyl (C=O) groups excluding carboxylic acids is 1. The Morgan fingerprint density at radius 2 is 1.98 bits per heavy atom. The molecule has 0 spiro atoms. The summed E-state index contributed by atoms with van der Waals surface area (Å²) < 4.78 is 34.7. The number of fused-ring (bicyclic) bond motifs is 3. The van der Waals surface area contributed by atoms with E-state index in [9.17, 15) is 13.6 Å². The summed E-state index contributed by atoms with van der Waals surface area (Å²) in [6, 6.07) is 12.5. The van der Waals surface area contributed by atoms with Crippen LogP contribution in [-0.2, 0) is 4.79 Å². The Bertz CT molecular complexity index is 1790. The van der Waals surface area contributed by atoms with Crippen molar-refractivity contribution < 1.29 is 18.3 Å². The molecule has 4 aromatic rings. The average molecular weight is 625 g/mol. The smallest absolute Gasteiger partial charge is 0.319 e. The number of benzene rings is 3. The Hall–Kier alpha value is -3.53. The van der Waals surface area contributed by atoms with Gasteiger partial charge in [0.15, 0.2) is 0 Å². The van der Waals surface area contributed by atoms with Gasteiger partial charge in [0, 0.05) is 47.0 Å². The molecule has 1 unspecified atom stereocenters. The number of likely N-dealkylation sites (tertiary alicyclic amines) is 2. The largest absolute Gasteiger partial charge is 0.462 e. The van der Waals surface area contributed by atoms with E-state index in [0.717, 1.165) is 17.2 Å². The molecule has 222 valence electrons. The fraction of sp³-hybridized carbons (Fsp3) is 0.344. The van der Waals surface area contributed by atoms with Gasteiger partial charge in [0.2, 0.25) is 5.91 Å². The van der Waals surface area contributed by atoms with E-state index in [0.29, 0.717) is 58.9 Å². The first-order valence-corrected chi connectivity index (χ1v) is 15.0. The van der Waals surface area contributed by atoms with Gasteiger partial charge in [-0.25, -0.2) is 8.78 Å². The summed E-state index contributed by atoms with van der Waals surface area (Å²) in [6.45, 7) is 5.49. The molecule has 1 aromatic heterocycles. The van der Waals surface area contributed by atoms with Crippen LogP contribution >= 0.6 is 23.2 Å². The molecule has 4 heterocycles. The maximum atomic E-state index is 14.5. The van der Waals surface area contributed by atoms with E-state index < -0.39 is 12.0 Å². The van der Waals surface area contributed by atoms with Crippen molar-refractivity contribution in [1.29, 1.82) is 0 Å². The minimum atomic E-state index is -0.893. The number of anilines is 1. The van der Waals surface area contributed by atoms with Crippen LogP contribution in [0.5, 0.6) is 6.01 Å². The van der Waals surface area contributed by atoms with Crippen LogP contribution in [0.4, 0.5) is 14.6 Å². The Morgan fingerprint density at radius 1 is 1.14 bits per heavy atom. The molecule has 1 amide bonds. The summed E-state index contributed by atoms with van der Waals surface area (Å²) in [4.78, 5) is 27.9. The summed E-state index contributed by atoms with van der Waals surface area (Å²) in [5.74, 6) is 0.0697. The summed E-state index contributed by atoms with van der Waals surface area (Å²) in [7, 11) is 1.88. The third kappa shape index (κ3) is 4.78. The van der Waals surface area contributed by atoms with Crippen LogP contribution in [0.2, 0.25) is 10.0 Å². The number of hydrogen-bond acceptors (Lipinski definition) is 6. The van der Waals surface area contributed by atoms with Gasteiger partial charge in [0.25, 0.3) is 0 Å². The predicted octanol–water partition coefficient (Wildman–Crippen LogP) is 6.29. The SMILES string of the molecule is C=CC(=O)N1CCC2[C@H]1CN2c1nc(OC[C@@H]2C[C@@H](F)CN2C)nc2cc(-c3cccc4ccc(F)c(Cl)c34)c(Cl)cc12. The molecule has 0 radical (unpaired) electrons. The standard InChI is InChI=1S/C32H29Cl2F2N5O2/c1-3-28(42)40-10-9-26-27(40)15-41(26)31-22-12-23(33)21(20-6-4-5-17-7-8-24(36)30(34)29(17)20)13-25(22)37-32(38-31)43-16-19-11-18(35)14-39(19)2/h3-8,12-13,18-19,26-27H,1,9-11,14-16H2,2H3/t18-,19+,26?,27-/m1/s1. The van der Waals surface area contributed by atoms with Crippen LogP contribution < -0.4 is 9.64 Å². The van der Waals surface area contributed by atoms with Gasteiger partial charge in [0.1, 0.15) is 24.4 Å². The molecular weight excluding hydrogens is 595 g/mol. The number of halogens is 4. The molecule has 3 aliphatic rings. The Kier molecular flexibility index (Phi) is 7.15. The molecule has 4 atom stereocenters. The number of alkyl halides is 1. The second-order valence-corrected chi connectivity index (χ2v) is 12.3. The van der Waals surface area contributed by atoms with E-state index in [1.807, 2.05) is 47.2 Å². The molecule has 3 fully saturated rings. The maximum absolute atomic E-state index is 14.5. The lowest BCUT2D eigenvalue weighted by atomic mass is 9.95. The highest BCUT2D eigenvalue weighted by Gasteiger charge is 2.49. The summed E-state index contributed by atoms with van der Waals surface area (Å²) >= 11 is 13.4. The molecule has 0 saturated carbocycles. The maximum Gasteiger partial charge on any atom is 0.319 e. The van der Waals surface area contributed by atoms with Gasteiger partial charge in [-0.05, 0) is 55.1 Å². The number of ether oxygens (including phenoxy) is 1. The molecule has 0 aliphatic carbocycles. The highest BCUT2D eigenvalue weighted by atomic mass is 35.5. The zero-order valence-electron chi connectivity index (χ0n) is 23.4. The summed E-state index contributed by atoms with van der Waals surface area (Å²) in [6.07, 6.45) is 1.64. The van der Waals surface area contributed by atoms with Gasteiger partial charge in [-0.2, -0.15) is 9.97 Å². The van der Waals surface area contributed by atoms with Crippen LogP contribution in [0, 0.1) is 5.82 Å². The lowest BCUT2D eigenvalue weighted by Gasteiger charge is -2.47. The van der Waals surface area contributed by atoms with Crippen molar-refractivity contribution in [2.45, 2.75) is 37.1 Å². The molecule has 3 aromatic carbocycles. The van der Waals surface area contributed by atoms with E-state index in [4.69, 9.17) is 37.9 Å². The fourth-order valence-electron chi connectivity index (χ4n) is 6.77. The van der Waals surface area contributed by atoms with E-state index in [1.54, 1.807) is 6.07 Å². The third-order valence-corrected chi connectivity index (χ3v) is 9.72. The van der Waals surface area contributed by atoms with Crippen LogP contribution in [0.25, 0.3) is 32.8 Å². The third-order valence-electron chi connectivity index (χ3n) is 9.04. The van der Waals surface area contributed by atoms with Crippen molar-refractivity contribution in [2.24, 2.45) is 0 Å². The second-order valence-electron chi connectivity index (χ2n) is 11.5. The zero-order valence-corrected chi connectivity index (χ0v) is 25.0. The number of hydrogen-bond donors (Lipinski definition) is 0. The second kappa shape index (κ2) is 10.9. The van der Waals surface area contributed by atoms with Crippen molar-refractivity contribution in [3.8, 4) is 17.1 Å². The van der Waals surface area contributed by atoms with Crippen LogP contribution in [0.3, 0.4) is 0 Å². The Morgan fingerprint density at radius 3 is 2.74 bits per heavy atom. The first-order chi connectivity index (χ1) is 20.7. The number of carbonyl (C=O) groups is 1. The summed E-state index contributed by atoms with van der Waals surface area (Å²) in [5.41, 5.74) is 1.91. The molecule has 3 saturated heterocycles. The highest BCUT2D eigenvalue weighted by molar-refractivity contribution is 6.38. The van der Waals surface area contributed by atoms with Gasteiger partial charge in [-0.3, -0.25) is 9.69 Å². The average Bonchev–Trinajstić information content (AvgIpc) is 3.49. The molecule has 11 heteroatoms. The molecular formula is C32H29Cl2F2N5O2. The lowest BCUT2D eigenvalue weighted by Crippen LogP contribution is -2.63. The summed E-state index contributed by atoms with van der Waals surface area (Å²) in [5, 5.41) is 2.53. The first-order valence-electron chi connectivity index (χ1n) is 14.3. The number of aromatic nitrogens is 2. The van der Waals surface area contributed by atoms with Gasteiger partial charge in [-0.1, -0.05) is 54.0 Å². The van der Waals surface area contributed by atoms with Crippen molar-refractivity contribution in [2.75, 3.05) is 38.2 Å². The molecule has 7 rings (SSSR count). The van der Waals surface area contributed by atoms with E-state index in [-0.39, 0.29) is 41.7 Å². The van der Waals surface area contributed by atoms with Gasteiger partial charge in [-0.15, -0.1) is 0 Å². The zero-order chi connectivity index (χ0) is 30.0. The fourth-order valence-corrected chi connectivity index (χ4v) is 7.31. The Balaban J connectivity index is 1.32. The van der Waals surface area contributed by atoms with Crippen molar-refractivity contribution in [3.05, 3.63) is 71.0 Å². The number of nitrogens with zero attached hydrogens (tertiary/aromatic N) is 5. The van der Waals surface area contributed by atoms with E-state index in [2.05, 4.69) is 11.5 Å². The number of amides is 1. The highest BCUT2D eigenvalue weighted by Crippen LogP contribution is 2.43. The molecule has 0 bridgehead atoms. The van der Waals surface area contributed by atoms with E-state index in [1.165, 1.54) is 12.1 Å². The van der Waals surface area contributed by atoms with Crippen LogP contribution in [-0.4, -0.2) is 83.3 Å². The molecule has 7 nitrogen and oxygen atoms in total. The van der Waals surface area contributed by atoms with Crippen molar-refractivity contribution in [3.63, 3.8) is 0 Å². The van der Waals surface area contributed by atoms with Crippen molar-refractivity contribution in [1.82, 2.24) is 19.8 Å². The topological polar surface area (TPSA) is 61.8 Å². The molecule has 3 aliphatic heterocycles. The van der Waals surface area contributed by atoms with Crippen molar-refractivity contribution >= 4 is 56.6 Å². The normalized spacial score (nSPS) is 23.6. The molecule has 0 N–H and O–H groups in total. The van der Waals surface area contributed by atoms with Gasteiger partial charge in [0.05, 0.1) is 22.6 Å². The lowest BCUT2D eigenvalue weighted by molar-refractivity contribution is -0.127. The van der Waals surface area contributed by atoms with Crippen LogP contribution in [0.1, 0.15) is 12.8 Å². The number of rotatable bonds is 6. The first kappa shape index (κ1) is 28.3. The Labute approximate surface area is 257 Å². The quantitative estimate of drug-likeness (QED) is 0.235. The monoisotopic (exact) mass is 623 g/mol.